The van der Waals surface area contributed by atoms with Crippen LogP contribution in [0.3, 0.4) is 0 Å². The summed E-state index contributed by atoms with van der Waals surface area (Å²) in [4.78, 5) is 12.0. The van der Waals surface area contributed by atoms with E-state index in [1.807, 2.05) is 18.3 Å². The Hall–Kier alpha value is -2.20. The maximum atomic E-state index is 4.85. The molecule has 0 bridgehead atoms. The van der Waals surface area contributed by atoms with Crippen molar-refractivity contribution in [3.63, 3.8) is 0 Å². The van der Waals surface area contributed by atoms with Gasteiger partial charge in [0, 0.05) is 24.8 Å². The Balaban J connectivity index is 1.74. The molecule has 1 aliphatic rings. The molecular formula is C19H22N4. The molecule has 1 aromatic carbocycles. The molecule has 4 rings (SSSR count). The van der Waals surface area contributed by atoms with E-state index in [4.69, 9.17) is 4.98 Å². The summed E-state index contributed by atoms with van der Waals surface area (Å²) in [6.07, 6.45) is 3.12. The molecule has 3 aromatic rings. The van der Waals surface area contributed by atoms with Crippen LogP contribution in [-0.4, -0.2) is 39.1 Å². The summed E-state index contributed by atoms with van der Waals surface area (Å²) < 4.78 is 2.31. The maximum Gasteiger partial charge on any atom is 0.160 e. The second kappa shape index (κ2) is 6.13. The van der Waals surface area contributed by atoms with Crippen LogP contribution in [0.4, 0.5) is 0 Å². The first-order valence-electron chi connectivity index (χ1n) is 8.44. The van der Waals surface area contributed by atoms with Crippen molar-refractivity contribution >= 4 is 11.2 Å². The van der Waals surface area contributed by atoms with E-state index < -0.39 is 0 Å². The molecule has 1 fully saturated rings. The van der Waals surface area contributed by atoms with E-state index in [0.717, 1.165) is 35.6 Å². The van der Waals surface area contributed by atoms with E-state index in [-0.39, 0.29) is 0 Å². The van der Waals surface area contributed by atoms with Gasteiger partial charge in [0.15, 0.2) is 5.65 Å². The number of benzene rings is 1. The summed E-state index contributed by atoms with van der Waals surface area (Å²) in [5, 5.41) is 0. The molecule has 1 saturated heterocycles. The smallest absolute Gasteiger partial charge is 0.160 e. The quantitative estimate of drug-likeness (QED) is 0.740. The summed E-state index contributed by atoms with van der Waals surface area (Å²) in [6, 6.07) is 14.5. The van der Waals surface area contributed by atoms with Crippen LogP contribution in [0.1, 0.15) is 13.3 Å². The van der Waals surface area contributed by atoms with Gasteiger partial charge in [-0.05, 0) is 37.6 Å². The van der Waals surface area contributed by atoms with Crippen molar-refractivity contribution in [2.24, 2.45) is 5.92 Å². The molecule has 0 aliphatic carbocycles. The minimum atomic E-state index is 0.678. The van der Waals surface area contributed by atoms with Crippen molar-refractivity contribution in [3.05, 3.63) is 48.7 Å². The molecule has 0 radical (unpaired) electrons. The summed E-state index contributed by atoms with van der Waals surface area (Å²) >= 11 is 0. The van der Waals surface area contributed by atoms with Crippen LogP contribution in [-0.2, 0) is 6.54 Å². The third kappa shape index (κ3) is 2.75. The number of hydrogen-bond donors (Lipinski definition) is 0. The summed E-state index contributed by atoms with van der Waals surface area (Å²) in [5.74, 6) is 1.71. The fraction of sp³-hybridized carbons (Fsp3) is 0.368. The van der Waals surface area contributed by atoms with Gasteiger partial charge in [-0.15, -0.1) is 0 Å². The van der Waals surface area contributed by atoms with Gasteiger partial charge < -0.3 is 9.47 Å². The lowest BCUT2D eigenvalue weighted by molar-refractivity contribution is 0.334. The predicted molar refractivity (Wildman–Crippen MR) is 93.2 cm³/mol. The zero-order chi connectivity index (χ0) is 15.6. The fourth-order valence-corrected chi connectivity index (χ4v) is 3.55. The number of pyridine rings is 1. The van der Waals surface area contributed by atoms with Gasteiger partial charge in [0.25, 0.3) is 0 Å². The van der Waals surface area contributed by atoms with Gasteiger partial charge in [0.2, 0.25) is 0 Å². The molecule has 23 heavy (non-hydrogen) atoms. The van der Waals surface area contributed by atoms with E-state index >= 15 is 0 Å². The summed E-state index contributed by atoms with van der Waals surface area (Å²) in [6.45, 7) is 6.77. The van der Waals surface area contributed by atoms with Crippen LogP contribution < -0.4 is 0 Å². The van der Waals surface area contributed by atoms with E-state index in [1.165, 1.54) is 19.5 Å². The molecule has 0 amide bonds. The Labute approximate surface area is 136 Å². The number of rotatable bonds is 4. The van der Waals surface area contributed by atoms with Crippen molar-refractivity contribution in [2.45, 2.75) is 19.9 Å². The standard InChI is InChI=1S/C19H22N4/c1-2-22-12-10-15(13-22)14-23-18(16-7-4-3-5-8-16)21-17-9-6-11-20-19(17)23/h3-9,11,15H,2,10,12-14H2,1H3. The molecular weight excluding hydrogens is 284 g/mol. The van der Waals surface area contributed by atoms with Crippen LogP contribution >= 0.6 is 0 Å². The summed E-state index contributed by atoms with van der Waals surface area (Å²) in [7, 11) is 0. The molecule has 1 aliphatic heterocycles. The maximum absolute atomic E-state index is 4.85. The van der Waals surface area contributed by atoms with Crippen LogP contribution in [0.5, 0.6) is 0 Å². The SMILES string of the molecule is CCN1CCC(Cn2c(-c3ccccc3)nc3cccnc32)C1. The average molecular weight is 306 g/mol. The van der Waals surface area contributed by atoms with E-state index in [0.29, 0.717) is 5.92 Å². The molecule has 4 nitrogen and oxygen atoms in total. The third-order valence-electron chi connectivity index (χ3n) is 4.79. The van der Waals surface area contributed by atoms with Crippen molar-refractivity contribution in [1.29, 1.82) is 0 Å². The number of likely N-dealkylation sites (tertiary alicyclic amines) is 1. The number of imidazole rings is 1. The number of fused-ring (bicyclic) bond motifs is 1. The van der Waals surface area contributed by atoms with Crippen molar-refractivity contribution in [2.75, 3.05) is 19.6 Å². The average Bonchev–Trinajstić information content (AvgIpc) is 3.21. The van der Waals surface area contributed by atoms with Gasteiger partial charge in [-0.1, -0.05) is 37.3 Å². The topological polar surface area (TPSA) is 34.0 Å². The van der Waals surface area contributed by atoms with Gasteiger partial charge in [-0.2, -0.15) is 0 Å². The van der Waals surface area contributed by atoms with E-state index in [2.05, 4.69) is 51.7 Å². The third-order valence-corrected chi connectivity index (χ3v) is 4.79. The van der Waals surface area contributed by atoms with Crippen molar-refractivity contribution < 1.29 is 0 Å². The highest BCUT2D eigenvalue weighted by atomic mass is 15.2. The normalized spacial score (nSPS) is 18.7. The highest BCUT2D eigenvalue weighted by Crippen LogP contribution is 2.27. The lowest BCUT2D eigenvalue weighted by Gasteiger charge is -2.15. The first-order chi connectivity index (χ1) is 11.3. The van der Waals surface area contributed by atoms with E-state index in [1.54, 1.807) is 0 Å². The van der Waals surface area contributed by atoms with Gasteiger partial charge in [-0.3, -0.25) is 0 Å². The molecule has 1 unspecified atom stereocenters. The zero-order valence-electron chi connectivity index (χ0n) is 13.5. The van der Waals surface area contributed by atoms with Crippen molar-refractivity contribution in [3.8, 4) is 11.4 Å². The van der Waals surface area contributed by atoms with Crippen LogP contribution in [0, 0.1) is 5.92 Å². The molecule has 1 atom stereocenters. The first-order valence-corrected chi connectivity index (χ1v) is 8.44. The predicted octanol–water partition coefficient (Wildman–Crippen LogP) is 3.44. The molecule has 0 N–H and O–H groups in total. The Bertz CT molecular complexity index is 793. The number of nitrogens with zero attached hydrogens (tertiary/aromatic N) is 4. The largest absolute Gasteiger partial charge is 0.308 e. The monoisotopic (exact) mass is 306 g/mol. The Morgan fingerprint density at radius 1 is 1.13 bits per heavy atom. The van der Waals surface area contributed by atoms with Crippen LogP contribution in [0.2, 0.25) is 0 Å². The van der Waals surface area contributed by atoms with Gasteiger partial charge in [-0.25, -0.2) is 9.97 Å². The van der Waals surface area contributed by atoms with E-state index in [9.17, 15) is 0 Å². The molecule has 0 saturated carbocycles. The second-order valence-electron chi connectivity index (χ2n) is 6.31. The molecule has 3 heterocycles. The first kappa shape index (κ1) is 14.4. The molecule has 118 valence electrons. The zero-order valence-corrected chi connectivity index (χ0v) is 13.5. The molecule has 0 spiro atoms. The second-order valence-corrected chi connectivity index (χ2v) is 6.31. The lowest BCUT2D eigenvalue weighted by atomic mass is 10.1. The molecule has 4 heteroatoms. The van der Waals surface area contributed by atoms with Gasteiger partial charge in [0.05, 0.1) is 0 Å². The Morgan fingerprint density at radius 2 is 2.00 bits per heavy atom. The highest BCUT2D eigenvalue weighted by Gasteiger charge is 2.24. The fourth-order valence-electron chi connectivity index (χ4n) is 3.55. The minimum absolute atomic E-state index is 0.678. The van der Waals surface area contributed by atoms with Gasteiger partial charge in [0.1, 0.15) is 11.3 Å². The summed E-state index contributed by atoms with van der Waals surface area (Å²) in [5.41, 5.74) is 3.15. The lowest BCUT2D eigenvalue weighted by Crippen LogP contribution is -2.21. The Kier molecular flexibility index (Phi) is 3.83. The molecule has 2 aromatic heterocycles. The van der Waals surface area contributed by atoms with Gasteiger partial charge >= 0.3 is 0 Å². The van der Waals surface area contributed by atoms with Crippen molar-refractivity contribution in [1.82, 2.24) is 19.4 Å². The number of aromatic nitrogens is 3. The van der Waals surface area contributed by atoms with Crippen LogP contribution in [0.25, 0.3) is 22.6 Å². The number of hydrogen-bond acceptors (Lipinski definition) is 3. The Morgan fingerprint density at radius 3 is 2.78 bits per heavy atom. The van der Waals surface area contributed by atoms with Crippen LogP contribution in [0.15, 0.2) is 48.7 Å². The highest BCUT2D eigenvalue weighted by molar-refractivity contribution is 5.77. The minimum Gasteiger partial charge on any atom is -0.308 e.